The van der Waals surface area contributed by atoms with Crippen LogP contribution in [0, 0.1) is 11.3 Å². The first-order valence-electron chi connectivity index (χ1n) is 7.14. The molecule has 100 valence electrons. The monoisotopic (exact) mass is 246 g/mol. The predicted molar refractivity (Wildman–Crippen MR) is 76.3 cm³/mol. The Morgan fingerprint density at radius 3 is 2.56 bits per heavy atom. The van der Waals surface area contributed by atoms with Gasteiger partial charge >= 0.3 is 0 Å². The highest BCUT2D eigenvalue weighted by Crippen LogP contribution is 2.31. The third kappa shape index (κ3) is 4.41. The van der Waals surface area contributed by atoms with Gasteiger partial charge in [-0.25, -0.2) is 0 Å². The third-order valence-electron chi connectivity index (χ3n) is 3.74. The lowest BCUT2D eigenvalue weighted by atomic mass is 9.80. The highest BCUT2D eigenvalue weighted by atomic mass is 15.1. The molecule has 0 N–H and O–H groups in total. The van der Waals surface area contributed by atoms with Crippen LogP contribution in [-0.2, 0) is 6.54 Å². The molecule has 2 nitrogen and oxygen atoms in total. The number of likely N-dealkylation sites (tertiary alicyclic amines) is 1. The van der Waals surface area contributed by atoms with Crippen molar-refractivity contribution in [3.8, 4) is 0 Å². The Morgan fingerprint density at radius 2 is 2.00 bits per heavy atom. The number of hydrogen-bond donors (Lipinski definition) is 0. The molecule has 0 radical (unpaired) electrons. The Morgan fingerprint density at radius 1 is 1.28 bits per heavy atom. The molecule has 1 fully saturated rings. The quantitative estimate of drug-likeness (QED) is 0.808. The normalized spacial score (nSPS) is 19.1. The lowest BCUT2D eigenvalue weighted by Crippen LogP contribution is -2.34. The van der Waals surface area contributed by atoms with E-state index in [4.69, 9.17) is 0 Å². The van der Waals surface area contributed by atoms with Crippen LogP contribution >= 0.6 is 0 Å². The van der Waals surface area contributed by atoms with Crippen molar-refractivity contribution in [3.05, 3.63) is 30.1 Å². The molecule has 1 aromatic rings. The molecular weight excluding hydrogens is 220 g/mol. The van der Waals surface area contributed by atoms with Crippen molar-refractivity contribution in [1.29, 1.82) is 0 Å². The molecule has 2 heteroatoms. The maximum atomic E-state index is 4.19. The number of piperidine rings is 1. The van der Waals surface area contributed by atoms with E-state index >= 15 is 0 Å². The van der Waals surface area contributed by atoms with E-state index in [1.165, 1.54) is 37.9 Å². The molecule has 0 atom stereocenters. The second-order valence-electron chi connectivity index (χ2n) is 6.85. The van der Waals surface area contributed by atoms with Gasteiger partial charge in [-0.3, -0.25) is 9.88 Å². The minimum Gasteiger partial charge on any atom is -0.299 e. The van der Waals surface area contributed by atoms with Gasteiger partial charge in [0.25, 0.3) is 0 Å². The average molecular weight is 246 g/mol. The van der Waals surface area contributed by atoms with Gasteiger partial charge in [0.15, 0.2) is 0 Å². The van der Waals surface area contributed by atoms with E-state index in [2.05, 4.69) is 36.7 Å². The van der Waals surface area contributed by atoms with Crippen LogP contribution in [0.25, 0.3) is 0 Å². The second-order valence-corrected chi connectivity index (χ2v) is 6.85. The van der Waals surface area contributed by atoms with Gasteiger partial charge in [0.05, 0.1) is 0 Å². The first kappa shape index (κ1) is 13.5. The summed E-state index contributed by atoms with van der Waals surface area (Å²) in [7, 11) is 0. The van der Waals surface area contributed by atoms with E-state index < -0.39 is 0 Å². The molecule has 1 aromatic heterocycles. The van der Waals surface area contributed by atoms with Gasteiger partial charge in [-0.15, -0.1) is 0 Å². The highest BCUT2D eigenvalue weighted by molar-refractivity contribution is 5.08. The molecule has 0 spiro atoms. The Bertz CT molecular complexity index is 345. The topological polar surface area (TPSA) is 16.1 Å². The average Bonchev–Trinajstić information content (AvgIpc) is 2.31. The van der Waals surface area contributed by atoms with E-state index in [1.54, 1.807) is 0 Å². The van der Waals surface area contributed by atoms with Crippen molar-refractivity contribution in [2.75, 3.05) is 13.1 Å². The molecule has 0 unspecified atom stereocenters. The van der Waals surface area contributed by atoms with Crippen molar-refractivity contribution in [1.82, 2.24) is 9.88 Å². The largest absolute Gasteiger partial charge is 0.299 e. The van der Waals surface area contributed by atoms with Gasteiger partial charge < -0.3 is 0 Å². The van der Waals surface area contributed by atoms with Crippen LogP contribution in [0.1, 0.15) is 45.6 Å². The molecule has 2 heterocycles. The molecule has 1 aliphatic rings. The molecule has 1 aliphatic heterocycles. The van der Waals surface area contributed by atoms with Crippen molar-refractivity contribution >= 4 is 0 Å². The van der Waals surface area contributed by atoms with Gasteiger partial charge in [-0.05, 0) is 55.3 Å². The van der Waals surface area contributed by atoms with Crippen LogP contribution < -0.4 is 0 Å². The smallest absolute Gasteiger partial charge is 0.0312 e. The summed E-state index contributed by atoms with van der Waals surface area (Å²) in [5.74, 6) is 0.926. The number of nitrogens with zero attached hydrogens (tertiary/aromatic N) is 2. The zero-order chi connectivity index (χ0) is 13.0. The first-order valence-corrected chi connectivity index (χ1v) is 7.14. The molecule has 1 saturated heterocycles. The van der Waals surface area contributed by atoms with Crippen LogP contribution in [0.15, 0.2) is 24.5 Å². The Labute approximate surface area is 111 Å². The molecule has 18 heavy (non-hydrogen) atoms. The van der Waals surface area contributed by atoms with Crippen LogP contribution in [-0.4, -0.2) is 23.0 Å². The lowest BCUT2D eigenvalue weighted by molar-refractivity contribution is 0.147. The van der Waals surface area contributed by atoms with Crippen LogP contribution in [0.4, 0.5) is 0 Å². The summed E-state index contributed by atoms with van der Waals surface area (Å²) in [5.41, 5.74) is 1.82. The zero-order valence-electron chi connectivity index (χ0n) is 12.0. The minimum absolute atomic E-state index is 0.482. The van der Waals surface area contributed by atoms with Gasteiger partial charge in [0.1, 0.15) is 0 Å². The van der Waals surface area contributed by atoms with Crippen LogP contribution in [0.5, 0.6) is 0 Å². The fourth-order valence-electron chi connectivity index (χ4n) is 2.96. The first-order chi connectivity index (χ1) is 8.53. The third-order valence-corrected chi connectivity index (χ3v) is 3.74. The van der Waals surface area contributed by atoms with Crippen molar-refractivity contribution in [3.63, 3.8) is 0 Å². The molecule has 2 rings (SSSR count). The van der Waals surface area contributed by atoms with Crippen LogP contribution in [0.2, 0.25) is 0 Å². The number of rotatable bonds is 3. The summed E-state index contributed by atoms with van der Waals surface area (Å²) < 4.78 is 0. The van der Waals surface area contributed by atoms with Crippen molar-refractivity contribution in [2.24, 2.45) is 11.3 Å². The summed E-state index contributed by atoms with van der Waals surface area (Å²) in [6, 6.07) is 4.20. The zero-order valence-corrected chi connectivity index (χ0v) is 12.0. The molecule has 0 amide bonds. The fourth-order valence-corrected chi connectivity index (χ4v) is 2.96. The Hall–Kier alpha value is -0.890. The van der Waals surface area contributed by atoms with Crippen molar-refractivity contribution in [2.45, 2.75) is 46.6 Å². The SMILES string of the molecule is CC(C)(C)CC1CCN(Cc2cccnc2)CC1. The minimum atomic E-state index is 0.482. The Kier molecular flexibility index (Phi) is 4.39. The van der Waals surface area contributed by atoms with Gasteiger partial charge in [0, 0.05) is 18.9 Å². The summed E-state index contributed by atoms with van der Waals surface area (Å²) in [5, 5.41) is 0. The maximum Gasteiger partial charge on any atom is 0.0312 e. The summed E-state index contributed by atoms with van der Waals surface area (Å²) in [6.07, 6.45) is 7.92. The molecule has 0 saturated carbocycles. The van der Waals surface area contributed by atoms with Gasteiger partial charge in [-0.2, -0.15) is 0 Å². The number of pyridine rings is 1. The van der Waals surface area contributed by atoms with E-state index in [1.807, 2.05) is 18.5 Å². The standard InChI is InChI=1S/C16H26N2/c1-16(2,3)11-14-6-9-18(10-7-14)13-15-5-4-8-17-12-15/h4-5,8,12,14H,6-7,9-11,13H2,1-3H3. The maximum absolute atomic E-state index is 4.19. The molecule has 0 bridgehead atoms. The lowest BCUT2D eigenvalue weighted by Gasteiger charge is -2.34. The van der Waals surface area contributed by atoms with Crippen LogP contribution in [0.3, 0.4) is 0 Å². The predicted octanol–water partition coefficient (Wildman–Crippen LogP) is 3.73. The van der Waals surface area contributed by atoms with E-state index in [0.717, 1.165) is 12.5 Å². The van der Waals surface area contributed by atoms with Gasteiger partial charge in [0.2, 0.25) is 0 Å². The Balaban J connectivity index is 1.77. The molecule has 0 aromatic carbocycles. The van der Waals surface area contributed by atoms with E-state index in [-0.39, 0.29) is 0 Å². The molecule has 0 aliphatic carbocycles. The van der Waals surface area contributed by atoms with E-state index in [0.29, 0.717) is 5.41 Å². The van der Waals surface area contributed by atoms with E-state index in [9.17, 15) is 0 Å². The summed E-state index contributed by atoms with van der Waals surface area (Å²) in [6.45, 7) is 10.6. The fraction of sp³-hybridized carbons (Fsp3) is 0.688. The van der Waals surface area contributed by atoms with Gasteiger partial charge in [-0.1, -0.05) is 26.8 Å². The molecular formula is C16H26N2. The van der Waals surface area contributed by atoms with Crippen molar-refractivity contribution < 1.29 is 0 Å². The summed E-state index contributed by atoms with van der Waals surface area (Å²) in [4.78, 5) is 6.75. The second kappa shape index (κ2) is 5.83. The number of hydrogen-bond acceptors (Lipinski definition) is 2. The number of aromatic nitrogens is 1. The summed E-state index contributed by atoms with van der Waals surface area (Å²) >= 11 is 0. The highest BCUT2D eigenvalue weighted by Gasteiger charge is 2.23.